The Morgan fingerprint density at radius 2 is 1.93 bits per heavy atom. The van der Waals surface area contributed by atoms with Gasteiger partial charge in [-0.25, -0.2) is 4.98 Å². The van der Waals surface area contributed by atoms with E-state index in [-0.39, 0.29) is 17.5 Å². The predicted octanol–water partition coefficient (Wildman–Crippen LogP) is 3.86. The average Bonchev–Trinajstić information content (AvgIpc) is 2.67. The van der Waals surface area contributed by atoms with Crippen LogP contribution in [0.5, 0.6) is 0 Å². The van der Waals surface area contributed by atoms with Gasteiger partial charge in [-0.1, -0.05) is 6.07 Å². The molecule has 0 atom stereocenters. The van der Waals surface area contributed by atoms with Gasteiger partial charge >= 0.3 is 6.18 Å². The van der Waals surface area contributed by atoms with Gasteiger partial charge in [-0.3, -0.25) is 14.9 Å². The van der Waals surface area contributed by atoms with E-state index in [0.717, 1.165) is 12.1 Å². The molecule has 1 amide bonds. The number of nitrogens with zero attached hydrogens (tertiary/aromatic N) is 3. The number of carbonyl (C=O) groups is 1. The third-order valence-corrected chi connectivity index (χ3v) is 4.62. The molecule has 0 spiro atoms. The van der Waals surface area contributed by atoms with Crippen molar-refractivity contribution in [2.24, 2.45) is 5.92 Å². The smallest absolute Gasteiger partial charge is 0.366 e. The summed E-state index contributed by atoms with van der Waals surface area (Å²) in [6.45, 7) is 0.652. The monoisotopic (exact) mass is 394 g/mol. The van der Waals surface area contributed by atoms with Crippen LogP contribution in [0.1, 0.15) is 18.4 Å². The molecule has 0 unspecified atom stereocenters. The number of aromatic nitrogens is 1. The number of piperidine rings is 1. The summed E-state index contributed by atoms with van der Waals surface area (Å²) in [6.07, 6.45) is -2.24. The van der Waals surface area contributed by atoms with Crippen molar-refractivity contribution in [2.75, 3.05) is 23.3 Å². The zero-order valence-electron chi connectivity index (χ0n) is 14.6. The maximum absolute atomic E-state index is 12.8. The normalized spacial score (nSPS) is 15.3. The molecule has 3 rings (SSSR count). The molecule has 7 nitrogen and oxygen atoms in total. The van der Waals surface area contributed by atoms with Crippen molar-refractivity contribution in [1.29, 1.82) is 0 Å². The minimum absolute atomic E-state index is 0.126. The largest absolute Gasteiger partial charge is 0.416 e. The highest BCUT2D eigenvalue weighted by atomic mass is 19.4. The van der Waals surface area contributed by atoms with Gasteiger partial charge < -0.3 is 10.2 Å². The number of amides is 1. The molecule has 28 heavy (non-hydrogen) atoms. The molecule has 1 aromatic heterocycles. The SMILES string of the molecule is O=C(Nc1ccccn1)C1CCN(c2ccc(C(F)(F)F)cc2[N+](=O)[O-])CC1. The van der Waals surface area contributed by atoms with Crippen molar-refractivity contribution < 1.29 is 22.9 Å². The van der Waals surface area contributed by atoms with Crippen molar-refractivity contribution in [2.45, 2.75) is 19.0 Å². The summed E-state index contributed by atoms with van der Waals surface area (Å²) in [7, 11) is 0. The Morgan fingerprint density at radius 3 is 2.50 bits per heavy atom. The lowest BCUT2D eigenvalue weighted by Crippen LogP contribution is -2.38. The van der Waals surface area contributed by atoms with Crippen LogP contribution in [0.3, 0.4) is 0 Å². The van der Waals surface area contributed by atoms with Crippen molar-refractivity contribution in [3.8, 4) is 0 Å². The van der Waals surface area contributed by atoms with Crippen molar-refractivity contribution in [3.05, 3.63) is 58.3 Å². The van der Waals surface area contributed by atoms with Gasteiger partial charge in [0.05, 0.1) is 10.5 Å². The Bertz CT molecular complexity index is 866. The number of alkyl halides is 3. The number of nitro benzene ring substituents is 1. The maximum Gasteiger partial charge on any atom is 0.416 e. The predicted molar refractivity (Wildman–Crippen MR) is 95.9 cm³/mol. The Balaban J connectivity index is 1.69. The summed E-state index contributed by atoms with van der Waals surface area (Å²) < 4.78 is 38.5. The zero-order valence-corrected chi connectivity index (χ0v) is 14.6. The van der Waals surface area contributed by atoms with Crippen molar-refractivity contribution in [1.82, 2.24) is 4.98 Å². The fourth-order valence-corrected chi connectivity index (χ4v) is 3.16. The number of nitro groups is 1. The van der Waals surface area contributed by atoms with E-state index in [0.29, 0.717) is 37.8 Å². The highest BCUT2D eigenvalue weighted by molar-refractivity contribution is 5.91. The molecule has 0 aliphatic carbocycles. The average molecular weight is 394 g/mol. The van der Waals surface area contributed by atoms with Gasteiger partial charge in [0, 0.05) is 31.3 Å². The molecule has 1 aliphatic rings. The molecular weight excluding hydrogens is 377 g/mol. The Labute approximate surface area is 158 Å². The number of carbonyl (C=O) groups excluding carboxylic acids is 1. The summed E-state index contributed by atoms with van der Waals surface area (Å²) in [5.41, 5.74) is -1.53. The molecule has 2 aromatic rings. The standard InChI is InChI=1S/C18H17F3N4O3/c19-18(20,21)13-4-5-14(15(11-13)25(27)28)24-9-6-12(7-10-24)17(26)23-16-3-1-2-8-22-16/h1-5,8,11-12H,6-7,9-10H2,(H,22,23,26). The lowest BCUT2D eigenvalue weighted by Gasteiger charge is -2.32. The summed E-state index contributed by atoms with van der Waals surface area (Å²) in [4.78, 5) is 28.5. The molecule has 1 aromatic carbocycles. The van der Waals surface area contributed by atoms with E-state index in [4.69, 9.17) is 0 Å². The van der Waals surface area contributed by atoms with Crippen LogP contribution in [-0.4, -0.2) is 28.9 Å². The van der Waals surface area contributed by atoms with Gasteiger partial charge in [-0.2, -0.15) is 13.2 Å². The van der Waals surface area contributed by atoms with Crippen LogP contribution in [0.4, 0.5) is 30.4 Å². The molecular formula is C18H17F3N4O3. The lowest BCUT2D eigenvalue weighted by atomic mass is 9.95. The van der Waals surface area contributed by atoms with Crippen LogP contribution in [0.2, 0.25) is 0 Å². The molecule has 1 saturated heterocycles. The molecule has 1 aliphatic heterocycles. The van der Waals surface area contributed by atoms with Crippen LogP contribution in [0.15, 0.2) is 42.6 Å². The second-order valence-corrected chi connectivity index (χ2v) is 6.42. The van der Waals surface area contributed by atoms with Crippen LogP contribution in [0, 0.1) is 16.0 Å². The first-order valence-corrected chi connectivity index (χ1v) is 8.58. The van der Waals surface area contributed by atoms with E-state index in [1.54, 1.807) is 29.3 Å². The summed E-state index contributed by atoms with van der Waals surface area (Å²) in [6, 6.07) is 7.64. The number of rotatable bonds is 4. The molecule has 0 radical (unpaired) electrons. The van der Waals surface area contributed by atoms with E-state index in [1.165, 1.54) is 0 Å². The van der Waals surface area contributed by atoms with Gasteiger partial charge in [0.2, 0.25) is 5.91 Å². The van der Waals surface area contributed by atoms with Crippen LogP contribution in [-0.2, 0) is 11.0 Å². The van der Waals surface area contributed by atoms with E-state index in [2.05, 4.69) is 10.3 Å². The second-order valence-electron chi connectivity index (χ2n) is 6.42. The number of benzene rings is 1. The fourth-order valence-electron chi connectivity index (χ4n) is 3.16. The Morgan fingerprint density at radius 1 is 1.21 bits per heavy atom. The first kappa shape index (κ1) is 19.6. The molecule has 148 valence electrons. The number of anilines is 2. The lowest BCUT2D eigenvalue weighted by molar-refractivity contribution is -0.384. The van der Waals surface area contributed by atoms with Gasteiger partial charge in [0.1, 0.15) is 11.5 Å². The number of hydrogen-bond donors (Lipinski definition) is 1. The quantitative estimate of drug-likeness (QED) is 0.628. The van der Waals surface area contributed by atoms with Crippen LogP contribution < -0.4 is 10.2 Å². The molecule has 1 fully saturated rings. The van der Waals surface area contributed by atoms with Gasteiger partial charge in [0.15, 0.2) is 0 Å². The summed E-state index contributed by atoms with van der Waals surface area (Å²) >= 11 is 0. The molecule has 2 heterocycles. The van der Waals surface area contributed by atoms with Gasteiger partial charge in [0.25, 0.3) is 5.69 Å². The number of nitrogens with one attached hydrogen (secondary N) is 1. The highest BCUT2D eigenvalue weighted by Crippen LogP contribution is 2.37. The van der Waals surface area contributed by atoms with E-state index < -0.39 is 22.4 Å². The minimum atomic E-state index is -4.65. The number of hydrogen-bond acceptors (Lipinski definition) is 5. The first-order valence-electron chi connectivity index (χ1n) is 8.58. The maximum atomic E-state index is 12.8. The third-order valence-electron chi connectivity index (χ3n) is 4.62. The number of pyridine rings is 1. The fraction of sp³-hybridized carbons (Fsp3) is 0.333. The first-order chi connectivity index (χ1) is 13.3. The molecule has 1 N–H and O–H groups in total. The van der Waals surface area contributed by atoms with E-state index >= 15 is 0 Å². The highest BCUT2D eigenvalue weighted by Gasteiger charge is 2.34. The molecule has 0 saturated carbocycles. The van der Waals surface area contributed by atoms with Gasteiger partial charge in [-0.15, -0.1) is 0 Å². The van der Waals surface area contributed by atoms with Crippen LogP contribution in [0.25, 0.3) is 0 Å². The second kappa shape index (κ2) is 7.83. The molecule has 10 heteroatoms. The zero-order chi connectivity index (χ0) is 20.3. The minimum Gasteiger partial charge on any atom is -0.366 e. The third kappa shape index (κ3) is 4.38. The van der Waals surface area contributed by atoms with E-state index in [9.17, 15) is 28.1 Å². The Hall–Kier alpha value is -3.17. The summed E-state index contributed by atoms with van der Waals surface area (Å²) in [5, 5.41) is 14.0. The topological polar surface area (TPSA) is 88.4 Å². The van der Waals surface area contributed by atoms with Gasteiger partial charge in [-0.05, 0) is 37.1 Å². The molecule has 0 bridgehead atoms. The number of halogens is 3. The van der Waals surface area contributed by atoms with E-state index in [1.807, 2.05) is 0 Å². The van der Waals surface area contributed by atoms with Crippen molar-refractivity contribution >= 4 is 23.1 Å². The Kier molecular flexibility index (Phi) is 5.48. The summed E-state index contributed by atoms with van der Waals surface area (Å²) in [5.74, 6) is -0.0552. The van der Waals surface area contributed by atoms with Crippen LogP contribution >= 0.6 is 0 Å². The van der Waals surface area contributed by atoms with Crippen molar-refractivity contribution in [3.63, 3.8) is 0 Å².